The van der Waals surface area contributed by atoms with Crippen LogP contribution in [0.1, 0.15) is 79.6 Å². The van der Waals surface area contributed by atoms with E-state index in [0.717, 1.165) is 30.4 Å². The first-order chi connectivity index (χ1) is 19.5. The lowest BCUT2D eigenvalue weighted by atomic mass is 9.74. The molecule has 2 aliphatic carbocycles. The number of nitrogens with zero attached hydrogens (tertiary/aromatic N) is 3. The van der Waals surface area contributed by atoms with Gasteiger partial charge in [0.2, 0.25) is 5.95 Å². The second kappa shape index (κ2) is 10.2. The van der Waals surface area contributed by atoms with E-state index in [9.17, 15) is 13.2 Å². The van der Waals surface area contributed by atoms with Gasteiger partial charge in [0.1, 0.15) is 5.69 Å². The third-order valence-corrected chi connectivity index (χ3v) is 10.4. The topological polar surface area (TPSA) is 92.3 Å². The quantitative estimate of drug-likeness (QED) is 0.386. The van der Waals surface area contributed by atoms with Gasteiger partial charge in [-0.1, -0.05) is 38.1 Å². The van der Waals surface area contributed by atoms with E-state index in [-0.39, 0.29) is 46.6 Å². The molecule has 2 heterocycles. The van der Waals surface area contributed by atoms with E-state index in [1.165, 1.54) is 25.0 Å². The minimum Gasteiger partial charge on any atom is -0.333 e. The van der Waals surface area contributed by atoms with E-state index in [1.54, 1.807) is 12.1 Å². The number of hydrogen-bond acceptors (Lipinski definition) is 5. The molecular formula is C32H37FN4O3S. The average Bonchev–Trinajstić information content (AvgIpc) is 3.69. The van der Waals surface area contributed by atoms with Gasteiger partial charge in [-0.05, 0) is 99.5 Å². The summed E-state index contributed by atoms with van der Waals surface area (Å²) in [7, 11) is -4.15. The van der Waals surface area contributed by atoms with Crippen LogP contribution in [0.4, 0.5) is 10.3 Å². The molecule has 0 saturated heterocycles. The van der Waals surface area contributed by atoms with Crippen LogP contribution in [0.15, 0.2) is 47.4 Å². The van der Waals surface area contributed by atoms with Gasteiger partial charge in [0.05, 0.1) is 10.6 Å². The molecule has 3 aliphatic rings. The van der Waals surface area contributed by atoms with Gasteiger partial charge in [-0.25, -0.2) is 27.5 Å². The predicted octanol–water partition coefficient (Wildman–Crippen LogP) is 6.45. The minimum atomic E-state index is -4.15. The molecule has 0 unspecified atom stereocenters. The second-order valence-electron chi connectivity index (χ2n) is 12.7. The number of benzene rings is 2. The van der Waals surface area contributed by atoms with Crippen molar-refractivity contribution < 1.29 is 17.6 Å². The lowest BCUT2D eigenvalue weighted by molar-refractivity contribution is 0.0182. The average molecular weight is 577 g/mol. The monoisotopic (exact) mass is 576 g/mol. The maximum Gasteiger partial charge on any atom is 0.264 e. The van der Waals surface area contributed by atoms with Crippen LogP contribution in [0.5, 0.6) is 0 Å². The number of sulfonamides is 1. The van der Waals surface area contributed by atoms with Crippen molar-refractivity contribution in [3.8, 4) is 11.3 Å². The summed E-state index contributed by atoms with van der Waals surface area (Å²) in [4.78, 5) is 24.9. The van der Waals surface area contributed by atoms with E-state index in [0.29, 0.717) is 28.9 Å². The van der Waals surface area contributed by atoms with Crippen LogP contribution < -0.4 is 4.72 Å². The van der Waals surface area contributed by atoms with Crippen LogP contribution in [0.3, 0.4) is 0 Å². The highest BCUT2D eigenvalue weighted by atomic mass is 32.2. The number of amides is 1. The van der Waals surface area contributed by atoms with Crippen molar-refractivity contribution in [2.75, 3.05) is 4.72 Å². The SMILES string of the molecule is Cc1cccc(C)c1-c1nc2nc(c1F)CC[C@@H](CC(C)C)N(C1CC3(CC3)C1)C(=O)c1cccc(c1)S(=O)(=O)N2. The lowest BCUT2D eigenvalue weighted by Gasteiger charge is -2.48. The van der Waals surface area contributed by atoms with Gasteiger partial charge in [-0.2, -0.15) is 0 Å². The molecule has 0 radical (unpaired) electrons. The molecule has 1 N–H and O–H groups in total. The first kappa shape index (κ1) is 27.8. The minimum absolute atomic E-state index is 0.0571. The van der Waals surface area contributed by atoms with Crippen LogP contribution in [0.2, 0.25) is 0 Å². The van der Waals surface area contributed by atoms with Gasteiger partial charge >= 0.3 is 0 Å². The van der Waals surface area contributed by atoms with Crippen LogP contribution in [0.25, 0.3) is 11.3 Å². The van der Waals surface area contributed by atoms with Crippen LogP contribution in [-0.2, 0) is 16.4 Å². The molecule has 2 saturated carbocycles. The van der Waals surface area contributed by atoms with E-state index in [4.69, 9.17) is 0 Å². The second-order valence-corrected chi connectivity index (χ2v) is 14.3. The molecule has 1 aromatic heterocycles. The Hall–Kier alpha value is -3.33. The molecule has 1 aliphatic heterocycles. The Bertz CT molecular complexity index is 1610. The summed E-state index contributed by atoms with van der Waals surface area (Å²) in [5, 5.41) is 0. The largest absolute Gasteiger partial charge is 0.333 e. The highest BCUT2D eigenvalue weighted by Gasteiger charge is 2.56. The fraction of sp³-hybridized carbons (Fsp3) is 0.469. The molecule has 216 valence electrons. The Morgan fingerprint density at radius 1 is 1.07 bits per heavy atom. The fourth-order valence-electron chi connectivity index (χ4n) is 6.75. The third kappa shape index (κ3) is 5.25. The number of aromatic nitrogens is 2. The molecule has 6 rings (SSSR count). The lowest BCUT2D eigenvalue weighted by Crippen LogP contribution is -2.54. The Morgan fingerprint density at radius 2 is 1.76 bits per heavy atom. The fourth-order valence-corrected chi connectivity index (χ4v) is 7.74. The Morgan fingerprint density at radius 3 is 2.41 bits per heavy atom. The maximum absolute atomic E-state index is 16.2. The number of aryl methyl sites for hydroxylation is 3. The molecule has 1 amide bonds. The summed E-state index contributed by atoms with van der Waals surface area (Å²) in [5.74, 6) is -0.586. The zero-order chi connectivity index (χ0) is 29.1. The van der Waals surface area contributed by atoms with E-state index in [2.05, 4.69) is 28.5 Å². The molecule has 41 heavy (non-hydrogen) atoms. The molecule has 3 aromatic rings. The van der Waals surface area contributed by atoms with Gasteiger partial charge in [0, 0.05) is 23.2 Å². The van der Waals surface area contributed by atoms with Crippen molar-refractivity contribution in [1.82, 2.24) is 14.9 Å². The highest BCUT2D eigenvalue weighted by molar-refractivity contribution is 7.92. The standard InChI is InChI=1S/C32H37FN4O3S/c1-19(2)15-23-11-12-26-28(33)29(27-20(3)7-5-8-21(27)4)35-31(34-26)36-41(39,40)25-10-6-9-22(16-25)30(38)37(23)24-17-32(18-24)13-14-32/h5-10,16,19,23-24H,11-15,17-18H2,1-4H3,(H,34,35,36)/t23-/m0/s1. The maximum atomic E-state index is 16.2. The number of fused-ring (bicyclic) bond motifs is 4. The van der Waals surface area contributed by atoms with Crippen LogP contribution in [0, 0.1) is 31.0 Å². The number of halogens is 1. The summed E-state index contributed by atoms with van der Waals surface area (Å²) >= 11 is 0. The first-order valence-electron chi connectivity index (χ1n) is 14.5. The summed E-state index contributed by atoms with van der Waals surface area (Å²) in [6, 6.07) is 11.8. The first-order valence-corrected chi connectivity index (χ1v) is 16.0. The number of hydrogen-bond donors (Lipinski definition) is 1. The van der Waals surface area contributed by atoms with Gasteiger partial charge in [0.15, 0.2) is 5.82 Å². The number of carbonyl (C=O) groups excluding carboxylic acids is 1. The van der Waals surface area contributed by atoms with Crippen molar-refractivity contribution >= 4 is 21.9 Å². The van der Waals surface area contributed by atoms with Gasteiger partial charge in [0.25, 0.3) is 15.9 Å². The summed E-state index contributed by atoms with van der Waals surface area (Å²) < 4.78 is 45.8. The zero-order valence-electron chi connectivity index (χ0n) is 24.1. The van der Waals surface area contributed by atoms with Crippen molar-refractivity contribution in [3.63, 3.8) is 0 Å². The van der Waals surface area contributed by atoms with Crippen LogP contribution >= 0.6 is 0 Å². The molecule has 1 spiro atoms. The third-order valence-electron chi connectivity index (χ3n) is 9.03. The highest BCUT2D eigenvalue weighted by Crippen LogP contribution is 2.62. The van der Waals surface area contributed by atoms with Crippen molar-refractivity contribution in [2.24, 2.45) is 11.3 Å². The van der Waals surface area contributed by atoms with Crippen molar-refractivity contribution in [2.45, 2.75) is 89.6 Å². The molecule has 1 atom stereocenters. The smallest absolute Gasteiger partial charge is 0.264 e. The van der Waals surface area contributed by atoms with E-state index in [1.807, 2.05) is 36.9 Å². The summed E-state index contributed by atoms with van der Waals surface area (Å²) in [5.41, 5.74) is 3.23. The van der Waals surface area contributed by atoms with Crippen molar-refractivity contribution in [3.05, 3.63) is 70.7 Å². The zero-order valence-corrected chi connectivity index (χ0v) is 24.9. The van der Waals surface area contributed by atoms with E-state index >= 15 is 4.39 Å². The number of nitrogens with one attached hydrogen (secondary N) is 1. The Kier molecular flexibility index (Phi) is 6.91. The van der Waals surface area contributed by atoms with Gasteiger partial charge in [-0.3, -0.25) is 4.79 Å². The molecule has 2 aromatic carbocycles. The number of rotatable bonds is 4. The normalized spacial score (nSPS) is 21.5. The Labute approximate surface area is 241 Å². The predicted molar refractivity (Wildman–Crippen MR) is 157 cm³/mol. The molecule has 9 heteroatoms. The summed E-state index contributed by atoms with van der Waals surface area (Å²) in [6.07, 6.45) is 5.86. The molecule has 7 nitrogen and oxygen atoms in total. The number of carbonyl (C=O) groups is 1. The molecular weight excluding hydrogens is 539 g/mol. The number of anilines is 1. The summed E-state index contributed by atoms with van der Waals surface area (Å²) in [6.45, 7) is 8.03. The van der Waals surface area contributed by atoms with Gasteiger partial charge in [-0.15, -0.1) is 0 Å². The van der Waals surface area contributed by atoms with Crippen molar-refractivity contribution in [1.29, 1.82) is 0 Å². The van der Waals surface area contributed by atoms with E-state index < -0.39 is 15.8 Å². The molecule has 2 fully saturated rings. The Balaban J connectivity index is 1.51. The van der Waals surface area contributed by atoms with Crippen LogP contribution in [-0.4, -0.2) is 41.3 Å². The molecule has 4 bridgehead atoms. The van der Waals surface area contributed by atoms with Gasteiger partial charge < -0.3 is 4.90 Å².